The Balaban J connectivity index is 1.41. The molecule has 2 fully saturated rings. The highest BCUT2D eigenvalue weighted by Gasteiger charge is 2.58. The molecule has 11 nitrogen and oxygen atoms in total. The number of amidine groups is 1. The number of carbonyl (C=O) groups is 1. The van der Waals surface area contributed by atoms with Crippen LogP contribution in [0.4, 0.5) is 15.8 Å². The number of aliphatic hydroxyl groups is 1. The number of fused-ring (bicyclic) bond motifs is 6. The third-order valence-electron chi connectivity index (χ3n) is 7.48. The van der Waals surface area contributed by atoms with Gasteiger partial charge in [-0.2, -0.15) is 8.42 Å². The molecule has 2 aromatic rings. The van der Waals surface area contributed by atoms with Gasteiger partial charge >= 0.3 is 0 Å². The Morgan fingerprint density at radius 1 is 1.21 bits per heavy atom. The van der Waals surface area contributed by atoms with Gasteiger partial charge in [0.15, 0.2) is 5.84 Å². The number of aryl methyl sites for hydroxylation is 1. The molecule has 4 aliphatic rings. The first-order chi connectivity index (χ1) is 18.3. The van der Waals surface area contributed by atoms with Gasteiger partial charge in [-0.05, 0) is 55.2 Å². The van der Waals surface area contributed by atoms with E-state index in [2.05, 4.69) is 14.4 Å². The summed E-state index contributed by atoms with van der Waals surface area (Å²) in [5, 5.41) is 14.2. The fraction of sp³-hybridized carbons (Fsp3) is 0.360. The average Bonchev–Trinajstić information content (AvgIpc) is 3.46. The smallest absolute Gasteiger partial charge is 0.286 e. The van der Waals surface area contributed by atoms with E-state index in [4.69, 9.17) is 4.74 Å². The number of nitrogens with zero attached hydrogens (tertiary/aromatic N) is 2. The number of aliphatic hydroxyl groups excluding tert-OH is 1. The van der Waals surface area contributed by atoms with Crippen molar-refractivity contribution in [2.45, 2.75) is 49.5 Å². The van der Waals surface area contributed by atoms with Gasteiger partial charge in [0.05, 0.1) is 36.1 Å². The zero-order valence-electron chi connectivity index (χ0n) is 20.9. The largest absolute Gasteiger partial charge is 0.511 e. The van der Waals surface area contributed by atoms with Gasteiger partial charge in [0.25, 0.3) is 15.9 Å². The molecular weight excluding hydrogens is 551 g/mol. The summed E-state index contributed by atoms with van der Waals surface area (Å²) in [5.74, 6) is -2.21. The second-order valence-corrected chi connectivity index (χ2v) is 13.5. The maximum absolute atomic E-state index is 13.9. The molecule has 6 rings (SSSR count). The van der Waals surface area contributed by atoms with Gasteiger partial charge in [0.2, 0.25) is 10.0 Å². The number of ether oxygens (including phenoxy) is 1. The van der Waals surface area contributed by atoms with Crippen molar-refractivity contribution in [3.05, 3.63) is 64.7 Å². The molecule has 0 unspecified atom stereocenters. The third-order valence-corrected chi connectivity index (χ3v) is 9.40. The van der Waals surface area contributed by atoms with E-state index >= 15 is 0 Å². The van der Waals surface area contributed by atoms with Crippen molar-refractivity contribution in [1.82, 2.24) is 4.90 Å². The van der Waals surface area contributed by atoms with Crippen molar-refractivity contribution < 1.29 is 35.9 Å². The summed E-state index contributed by atoms with van der Waals surface area (Å²) in [7, 11) is -8.04. The first kappa shape index (κ1) is 25.8. The van der Waals surface area contributed by atoms with E-state index in [9.17, 15) is 31.1 Å². The Bertz CT molecular complexity index is 1700. The van der Waals surface area contributed by atoms with Crippen LogP contribution in [0.5, 0.6) is 0 Å². The van der Waals surface area contributed by atoms with E-state index < -0.39 is 37.9 Å². The van der Waals surface area contributed by atoms with E-state index in [1.807, 2.05) is 0 Å². The normalized spacial score (nSPS) is 27.1. The van der Waals surface area contributed by atoms with E-state index in [-0.39, 0.29) is 58.0 Å². The Labute approximate surface area is 224 Å². The number of sulfonamides is 2. The number of benzene rings is 2. The molecule has 2 bridgehead atoms. The van der Waals surface area contributed by atoms with Crippen LogP contribution >= 0.6 is 0 Å². The molecule has 0 aliphatic carbocycles. The summed E-state index contributed by atoms with van der Waals surface area (Å²) < 4.78 is 75.5. The molecule has 14 heteroatoms. The third kappa shape index (κ3) is 4.36. The van der Waals surface area contributed by atoms with Gasteiger partial charge in [0, 0.05) is 12.2 Å². The van der Waals surface area contributed by atoms with Crippen molar-refractivity contribution in [2.75, 3.05) is 16.3 Å². The lowest BCUT2D eigenvalue weighted by atomic mass is 9.77. The highest BCUT2D eigenvalue weighted by molar-refractivity contribution is 7.92. The summed E-state index contributed by atoms with van der Waals surface area (Å²) in [4.78, 5) is 15.2. The molecule has 0 aromatic heterocycles. The SMILES string of the molecule is Cc1cc(CN2C(=O)C(C3=NS(=O)(=O)c4cc(NS(C)(=O)=O)ccc4N3)=C(O)[C@H]3[C@@H]2[C@@H]2CC[C@H]3O2)ccc1F. The van der Waals surface area contributed by atoms with Crippen molar-refractivity contribution in [2.24, 2.45) is 10.3 Å². The maximum Gasteiger partial charge on any atom is 0.286 e. The van der Waals surface area contributed by atoms with Crippen LogP contribution in [0.2, 0.25) is 0 Å². The monoisotopic (exact) mass is 576 g/mol. The first-order valence-corrected chi connectivity index (χ1v) is 15.5. The highest BCUT2D eigenvalue weighted by Crippen LogP contribution is 2.48. The fourth-order valence-corrected chi connectivity index (χ4v) is 7.59. The van der Waals surface area contributed by atoms with Gasteiger partial charge < -0.3 is 20.1 Å². The van der Waals surface area contributed by atoms with E-state index in [0.717, 1.165) is 12.3 Å². The molecule has 4 aliphatic heterocycles. The molecule has 0 spiro atoms. The second-order valence-electron chi connectivity index (χ2n) is 10.2. The van der Waals surface area contributed by atoms with E-state index in [0.29, 0.717) is 24.0 Å². The van der Waals surface area contributed by atoms with Gasteiger partial charge in [-0.3, -0.25) is 9.52 Å². The zero-order chi connectivity index (χ0) is 27.9. The van der Waals surface area contributed by atoms with Crippen LogP contribution in [0, 0.1) is 18.7 Å². The molecule has 206 valence electrons. The minimum Gasteiger partial charge on any atom is -0.511 e. The number of hydrogen-bond acceptors (Lipinski definition) is 8. The van der Waals surface area contributed by atoms with Crippen LogP contribution in [0.1, 0.15) is 24.0 Å². The molecule has 4 atom stereocenters. The molecule has 4 heterocycles. The highest BCUT2D eigenvalue weighted by atomic mass is 32.2. The lowest BCUT2D eigenvalue weighted by Gasteiger charge is -2.42. The van der Waals surface area contributed by atoms with Gasteiger partial charge in [0.1, 0.15) is 22.0 Å². The number of hydrogen-bond donors (Lipinski definition) is 3. The predicted molar refractivity (Wildman–Crippen MR) is 140 cm³/mol. The molecule has 1 amide bonds. The Kier molecular flexibility index (Phi) is 5.79. The Morgan fingerprint density at radius 2 is 1.95 bits per heavy atom. The van der Waals surface area contributed by atoms with Crippen LogP contribution < -0.4 is 10.0 Å². The number of halogens is 1. The summed E-state index contributed by atoms with van der Waals surface area (Å²) in [6, 6.07) is 7.92. The van der Waals surface area contributed by atoms with Crippen molar-refractivity contribution >= 4 is 43.2 Å². The van der Waals surface area contributed by atoms with Crippen molar-refractivity contribution in [3.63, 3.8) is 0 Å². The molecule has 2 saturated heterocycles. The minimum absolute atomic E-state index is 0.0267. The van der Waals surface area contributed by atoms with E-state index in [1.54, 1.807) is 24.0 Å². The number of nitrogens with one attached hydrogen (secondary N) is 2. The molecule has 3 N–H and O–H groups in total. The quantitative estimate of drug-likeness (QED) is 0.490. The molecule has 0 saturated carbocycles. The average molecular weight is 577 g/mol. The van der Waals surface area contributed by atoms with Crippen LogP contribution in [-0.2, 0) is 36.1 Å². The standard InChI is InChI=1S/C25H25FN4O7S2/c1-12-9-13(3-5-15(12)26)11-30-22-18-8-7-17(37-18)20(22)23(31)21(25(30)32)24-27-16-6-4-14(28-38(2,33)34)10-19(16)39(35,36)29-24/h3-6,9-10,17-18,20,22,28,31H,7-8,11H2,1-2H3,(H,27,29)/t17-,18+,20-,22+/m1/s1. The summed E-state index contributed by atoms with van der Waals surface area (Å²) in [6.07, 6.45) is 1.69. The topological polar surface area (TPSA) is 154 Å². The fourth-order valence-electron chi connectivity index (χ4n) is 5.89. The van der Waals surface area contributed by atoms with Crippen LogP contribution in [0.3, 0.4) is 0 Å². The molecule has 0 radical (unpaired) electrons. The summed E-state index contributed by atoms with van der Waals surface area (Å²) >= 11 is 0. The summed E-state index contributed by atoms with van der Waals surface area (Å²) in [5.41, 5.74) is 0.908. The maximum atomic E-state index is 13.9. The first-order valence-electron chi connectivity index (χ1n) is 12.2. The molecular formula is C25H25FN4O7S2. The van der Waals surface area contributed by atoms with Crippen LogP contribution in [0.25, 0.3) is 0 Å². The van der Waals surface area contributed by atoms with Gasteiger partial charge in [-0.25, -0.2) is 12.8 Å². The lowest BCUT2D eigenvalue weighted by molar-refractivity contribution is -0.133. The number of amides is 1. The number of rotatable bonds is 5. The zero-order valence-corrected chi connectivity index (χ0v) is 22.5. The Hall–Kier alpha value is -3.49. The van der Waals surface area contributed by atoms with Crippen LogP contribution in [-0.4, -0.2) is 63.1 Å². The predicted octanol–water partition coefficient (Wildman–Crippen LogP) is 2.42. The van der Waals surface area contributed by atoms with E-state index in [1.165, 1.54) is 18.2 Å². The van der Waals surface area contributed by atoms with Crippen molar-refractivity contribution in [3.8, 4) is 0 Å². The second kappa shape index (κ2) is 8.76. The summed E-state index contributed by atoms with van der Waals surface area (Å²) in [6.45, 7) is 1.72. The van der Waals surface area contributed by atoms with Gasteiger partial charge in [-0.15, -0.1) is 4.40 Å². The van der Waals surface area contributed by atoms with Gasteiger partial charge in [-0.1, -0.05) is 12.1 Å². The van der Waals surface area contributed by atoms with Crippen molar-refractivity contribution in [1.29, 1.82) is 0 Å². The minimum atomic E-state index is -4.38. The number of carbonyl (C=O) groups excluding carboxylic acids is 1. The number of anilines is 2. The molecule has 2 aromatic carbocycles. The Morgan fingerprint density at radius 3 is 2.67 bits per heavy atom. The molecule has 39 heavy (non-hydrogen) atoms. The lowest BCUT2D eigenvalue weighted by Crippen LogP contribution is -2.55. The van der Waals surface area contributed by atoms with Crippen LogP contribution in [0.15, 0.2) is 57.0 Å².